The van der Waals surface area contributed by atoms with Gasteiger partial charge in [-0.15, -0.1) is 11.8 Å². The number of nitrogens with one attached hydrogen (secondary N) is 2. The van der Waals surface area contributed by atoms with Gasteiger partial charge in [0.25, 0.3) is 5.91 Å². The zero-order chi connectivity index (χ0) is 14.0. The van der Waals surface area contributed by atoms with Gasteiger partial charge in [-0.05, 0) is 32.0 Å². The third kappa shape index (κ3) is 3.71. The molecular weight excluding hydrogens is 262 g/mol. The first-order chi connectivity index (χ1) is 8.85. The summed E-state index contributed by atoms with van der Waals surface area (Å²) < 4.78 is 0. The number of anilines is 1. The highest BCUT2D eigenvalue weighted by molar-refractivity contribution is 8.00. The summed E-state index contributed by atoms with van der Waals surface area (Å²) >= 11 is 1.47. The molecule has 0 atom stereocenters. The molecule has 0 aromatic heterocycles. The highest BCUT2D eigenvalue weighted by atomic mass is 32.2. The molecule has 2 rings (SSSR count). The molecule has 4 N–H and O–H groups in total. The van der Waals surface area contributed by atoms with Gasteiger partial charge in [-0.3, -0.25) is 9.59 Å². The van der Waals surface area contributed by atoms with Crippen LogP contribution in [0.2, 0.25) is 0 Å². The molecule has 0 saturated carbocycles. The summed E-state index contributed by atoms with van der Waals surface area (Å²) in [5.41, 5.74) is 6.58. The Labute approximate surface area is 116 Å². The Morgan fingerprint density at radius 1 is 1.53 bits per heavy atom. The average molecular weight is 279 g/mol. The number of hydrogen-bond acceptors (Lipinski definition) is 4. The van der Waals surface area contributed by atoms with Crippen LogP contribution in [-0.4, -0.2) is 29.7 Å². The molecule has 0 bridgehead atoms. The van der Waals surface area contributed by atoms with Crippen molar-refractivity contribution in [3.8, 4) is 0 Å². The van der Waals surface area contributed by atoms with Crippen LogP contribution in [-0.2, 0) is 4.79 Å². The van der Waals surface area contributed by atoms with Crippen LogP contribution in [0.25, 0.3) is 0 Å². The van der Waals surface area contributed by atoms with E-state index >= 15 is 0 Å². The van der Waals surface area contributed by atoms with Crippen molar-refractivity contribution in [1.82, 2.24) is 5.32 Å². The number of rotatable bonds is 3. The predicted octanol–water partition coefficient (Wildman–Crippen LogP) is 1.20. The molecule has 1 aromatic rings. The third-order valence-corrected chi connectivity index (χ3v) is 3.65. The Balaban J connectivity index is 2.11. The van der Waals surface area contributed by atoms with E-state index in [0.29, 0.717) is 23.5 Å². The Morgan fingerprint density at radius 2 is 2.26 bits per heavy atom. The van der Waals surface area contributed by atoms with Gasteiger partial charge in [0.15, 0.2) is 0 Å². The SMILES string of the molecule is CC(C)(N)CNC(=O)c1ccc2c(c1)NC(=O)CS2. The minimum atomic E-state index is -0.450. The molecule has 1 heterocycles. The van der Waals surface area contributed by atoms with Crippen LogP contribution in [0.4, 0.5) is 5.69 Å². The van der Waals surface area contributed by atoms with E-state index in [2.05, 4.69) is 10.6 Å². The van der Waals surface area contributed by atoms with Gasteiger partial charge < -0.3 is 16.4 Å². The maximum atomic E-state index is 12.0. The fourth-order valence-electron chi connectivity index (χ4n) is 1.63. The molecule has 0 spiro atoms. The molecule has 102 valence electrons. The first-order valence-corrected chi connectivity index (χ1v) is 6.97. The first kappa shape index (κ1) is 13.9. The number of amides is 2. The molecule has 0 fully saturated rings. The van der Waals surface area contributed by atoms with E-state index in [9.17, 15) is 9.59 Å². The molecule has 1 aromatic carbocycles. The number of thioether (sulfide) groups is 1. The molecule has 5 nitrogen and oxygen atoms in total. The van der Waals surface area contributed by atoms with Crippen molar-refractivity contribution >= 4 is 29.3 Å². The molecule has 0 saturated heterocycles. The summed E-state index contributed by atoms with van der Waals surface area (Å²) in [6.07, 6.45) is 0. The normalized spacial score (nSPS) is 14.6. The Morgan fingerprint density at radius 3 is 2.95 bits per heavy atom. The number of carbonyl (C=O) groups is 2. The number of benzene rings is 1. The average Bonchev–Trinajstić information content (AvgIpc) is 2.34. The highest BCUT2D eigenvalue weighted by Crippen LogP contribution is 2.31. The van der Waals surface area contributed by atoms with Crippen molar-refractivity contribution in [2.75, 3.05) is 17.6 Å². The minimum Gasteiger partial charge on any atom is -0.350 e. The van der Waals surface area contributed by atoms with Crippen molar-refractivity contribution in [2.45, 2.75) is 24.3 Å². The van der Waals surface area contributed by atoms with E-state index < -0.39 is 5.54 Å². The second-order valence-corrected chi connectivity index (χ2v) is 6.24. The van der Waals surface area contributed by atoms with Crippen LogP contribution >= 0.6 is 11.8 Å². The van der Waals surface area contributed by atoms with E-state index in [0.717, 1.165) is 4.90 Å². The highest BCUT2D eigenvalue weighted by Gasteiger charge is 2.18. The van der Waals surface area contributed by atoms with E-state index in [1.807, 2.05) is 19.9 Å². The molecule has 19 heavy (non-hydrogen) atoms. The lowest BCUT2D eigenvalue weighted by Crippen LogP contribution is -2.45. The number of nitrogens with two attached hydrogens (primary N) is 1. The van der Waals surface area contributed by atoms with Crippen LogP contribution in [0.15, 0.2) is 23.1 Å². The van der Waals surface area contributed by atoms with Crippen molar-refractivity contribution in [3.05, 3.63) is 23.8 Å². The van der Waals surface area contributed by atoms with Gasteiger partial charge in [0.05, 0.1) is 11.4 Å². The van der Waals surface area contributed by atoms with Gasteiger partial charge in [-0.1, -0.05) is 0 Å². The van der Waals surface area contributed by atoms with Crippen molar-refractivity contribution in [1.29, 1.82) is 0 Å². The summed E-state index contributed by atoms with van der Waals surface area (Å²) in [4.78, 5) is 24.3. The third-order valence-electron chi connectivity index (χ3n) is 2.58. The molecule has 0 unspecified atom stereocenters. The maximum absolute atomic E-state index is 12.0. The maximum Gasteiger partial charge on any atom is 0.251 e. The largest absolute Gasteiger partial charge is 0.350 e. The van der Waals surface area contributed by atoms with Gasteiger partial charge in [-0.25, -0.2) is 0 Å². The lowest BCUT2D eigenvalue weighted by Gasteiger charge is -2.20. The van der Waals surface area contributed by atoms with Gasteiger partial charge in [0, 0.05) is 22.5 Å². The van der Waals surface area contributed by atoms with E-state index in [4.69, 9.17) is 5.73 Å². The molecule has 6 heteroatoms. The van der Waals surface area contributed by atoms with Crippen LogP contribution in [0.1, 0.15) is 24.2 Å². The number of carbonyl (C=O) groups excluding carboxylic acids is 2. The Hall–Kier alpha value is -1.53. The van der Waals surface area contributed by atoms with Crippen molar-refractivity contribution in [2.24, 2.45) is 5.73 Å². The summed E-state index contributed by atoms with van der Waals surface area (Å²) in [5, 5.41) is 5.54. The van der Waals surface area contributed by atoms with Crippen molar-refractivity contribution < 1.29 is 9.59 Å². The van der Waals surface area contributed by atoms with Gasteiger partial charge in [-0.2, -0.15) is 0 Å². The Bertz CT molecular complexity index is 523. The number of hydrogen-bond donors (Lipinski definition) is 3. The molecular formula is C13H17N3O2S. The smallest absolute Gasteiger partial charge is 0.251 e. The van der Waals surface area contributed by atoms with Crippen molar-refractivity contribution in [3.63, 3.8) is 0 Å². The van der Waals surface area contributed by atoms with E-state index in [-0.39, 0.29) is 11.8 Å². The molecule has 0 aliphatic carbocycles. The quantitative estimate of drug-likeness (QED) is 0.776. The van der Waals surface area contributed by atoms with Gasteiger partial charge in [0.2, 0.25) is 5.91 Å². The summed E-state index contributed by atoms with van der Waals surface area (Å²) in [6, 6.07) is 5.29. The molecule has 1 aliphatic rings. The standard InChI is InChI=1S/C13H17N3O2S/c1-13(2,14)7-15-12(18)8-3-4-10-9(5-8)16-11(17)6-19-10/h3-5H,6-7,14H2,1-2H3,(H,15,18)(H,16,17). The van der Waals surface area contributed by atoms with Gasteiger partial charge in [0.1, 0.15) is 0 Å². The number of fused-ring (bicyclic) bond motifs is 1. The van der Waals surface area contributed by atoms with Gasteiger partial charge >= 0.3 is 0 Å². The lowest BCUT2D eigenvalue weighted by molar-refractivity contribution is -0.113. The monoisotopic (exact) mass is 279 g/mol. The Kier molecular flexibility index (Phi) is 3.82. The summed E-state index contributed by atoms with van der Waals surface area (Å²) in [6.45, 7) is 4.08. The van der Waals surface area contributed by atoms with E-state index in [1.54, 1.807) is 12.1 Å². The van der Waals surface area contributed by atoms with E-state index in [1.165, 1.54) is 11.8 Å². The topological polar surface area (TPSA) is 84.2 Å². The fraction of sp³-hybridized carbons (Fsp3) is 0.385. The summed E-state index contributed by atoms with van der Waals surface area (Å²) in [7, 11) is 0. The zero-order valence-corrected chi connectivity index (χ0v) is 11.8. The second-order valence-electron chi connectivity index (χ2n) is 5.22. The van der Waals surface area contributed by atoms with Crippen LogP contribution < -0.4 is 16.4 Å². The molecule has 0 radical (unpaired) electrons. The fourth-order valence-corrected chi connectivity index (χ4v) is 2.42. The predicted molar refractivity (Wildman–Crippen MR) is 76.4 cm³/mol. The van der Waals surface area contributed by atoms with Crippen LogP contribution in [0.3, 0.4) is 0 Å². The van der Waals surface area contributed by atoms with Crippen LogP contribution in [0, 0.1) is 0 Å². The first-order valence-electron chi connectivity index (χ1n) is 5.99. The molecule has 1 aliphatic heterocycles. The minimum absolute atomic E-state index is 0.0434. The summed E-state index contributed by atoms with van der Waals surface area (Å²) in [5.74, 6) is 0.184. The lowest BCUT2D eigenvalue weighted by atomic mass is 10.1. The molecule has 2 amide bonds. The van der Waals surface area contributed by atoms with Crippen LogP contribution in [0.5, 0.6) is 0 Å². The second kappa shape index (κ2) is 5.22. The zero-order valence-electron chi connectivity index (χ0n) is 10.9.